The number of carbonyl (C=O) groups is 1. The van der Waals surface area contributed by atoms with E-state index in [4.69, 9.17) is 11.6 Å². The molecule has 146 valence electrons. The Morgan fingerprint density at radius 3 is 2.57 bits per heavy atom. The smallest absolute Gasteiger partial charge is 0.212 e. The largest absolute Gasteiger partial charge is 0.344 e. The molecule has 8 heteroatoms. The van der Waals surface area contributed by atoms with E-state index in [1.807, 2.05) is 0 Å². The lowest BCUT2D eigenvalue weighted by Crippen LogP contribution is -2.11. The van der Waals surface area contributed by atoms with E-state index < -0.39 is 30.4 Å². The lowest BCUT2D eigenvalue weighted by atomic mass is 10.0. The highest BCUT2D eigenvalue weighted by Crippen LogP contribution is 2.55. The quantitative estimate of drug-likeness (QED) is 0.448. The molecule has 0 aliphatic carbocycles. The summed E-state index contributed by atoms with van der Waals surface area (Å²) >= 11 is 7.40. The monoisotopic (exact) mass is 440 g/mol. The minimum absolute atomic E-state index is 0.154. The topological polar surface area (TPSA) is 54.4 Å². The van der Waals surface area contributed by atoms with Crippen molar-refractivity contribution in [3.05, 3.63) is 75.6 Å². The van der Waals surface area contributed by atoms with Crippen molar-refractivity contribution in [2.24, 2.45) is 0 Å². The molecule has 2 atom stereocenters. The number of fused-ring (bicyclic) bond motifs is 1. The fourth-order valence-electron chi connectivity index (χ4n) is 3.03. The number of hydrogen-bond donors (Lipinski definition) is 1. The molecule has 0 spiro atoms. The van der Waals surface area contributed by atoms with Crippen LogP contribution in [0.2, 0.25) is 5.02 Å². The van der Waals surface area contributed by atoms with Gasteiger partial charge in [0, 0.05) is 28.9 Å². The highest BCUT2D eigenvalue weighted by Gasteiger charge is 2.35. The van der Waals surface area contributed by atoms with Crippen molar-refractivity contribution in [3.8, 4) is 0 Å². The highest BCUT2D eigenvalue weighted by atomic mass is 35.5. The summed E-state index contributed by atoms with van der Waals surface area (Å²) in [6.07, 6.45) is 2.68. The number of carbonyl (C=O) groups excluding carboxylic acids is 1. The Bertz CT molecular complexity index is 1100. The third kappa shape index (κ3) is 4.76. The third-order valence-electron chi connectivity index (χ3n) is 4.16. The molecule has 0 bridgehead atoms. The van der Waals surface area contributed by atoms with Gasteiger partial charge in [-0.1, -0.05) is 23.8 Å². The van der Waals surface area contributed by atoms with Crippen molar-refractivity contribution in [3.63, 3.8) is 0 Å². The van der Waals surface area contributed by atoms with Crippen LogP contribution >= 0.6 is 30.3 Å². The summed E-state index contributed by atoms with van der Waals surface area (Å²) in [5, 5.41) is 2.83. The lowest BCUT2D eigenvalue weighted by Gasteiger charge is -2.18. The number of Topliss-reactive ketones (excluding diaryl/α,β-unsaturated/α-hetero) is 1. The fraction of sp³-hybridized carbons (Fsp3) is 0.150. The maximum atomic E-state index is 13.2. The molecular formula is C20H16ClF2O3PS. The van der Waals surface area contributed by atoms with Crippen molar-refractivity contribution in [2.45, 2.75) is 12.1 Å². The molecule has 2 unspecified atom stereocenters. The molecule has 0 aliphatic heterocycles. The third-order valence-corrected chi connectivity index (χ3v) is 6.90. The van der Waals surface area contributed by atoms with Gasteiger partial charge in [-0.2, -0.15) is 0 Å². The molecule has 0 aliphatic rings. The maximum absolute atomic E-state index is 13.2. The van der Waals surface area contributed by atoms with Gasteiger partial charge in [0.05, 0.1) is 0 Å². The number of halogens is 3. The van der Waals surface area contributed by atoms with Crippen LogP contribution in [0.5, 0.6) is 0 Å². The number of thiophene rings is 1. The molecule has 3 aromatic rings. The second-order valence-electron chi connectivity index (χ2n) is 6.45. The SMILES string of the molecule is CP(=O)(O)C(C(=O)C/C=C/c1cc(F)cc(F)c1)c1csc2ccc(Cl)cc12. The van der Waals surface area contributed by atoms with Crippen LogP contribution in [0.3, 0.4) is 0 Å². The summed E-state index contributed by atoms with van der Waals surface area (Å²) < 4.78 is 39.8. The van der Waals surface area contributed by atoms with Crippen LogP contribution in [0.25, 0.3) is 16.2 Å². The number of allylic oxidation sites excluding steroid dienone is 1. The Hall–Kier alpha value is -1.85. The molecule has 1 heterocycles. The van der Waals surface area contributed by atoms with Gasteiger partial charge in [-0.15, -0.1) is 11.3 Å². The molecule has 1 aromatic heterocycles. The van der Waals surface area contributed by atoms with Gasteiger partial charge in [-0.25, -0.2) is 8.78 Å². The van der Waals surface area contributed by atoms with E-state index in [0.29, 0.717) is 16.0 Å². The van der Waals surface area contributed by atoms with Gasteiger partial charge in [-0.3, -0.25) is 9.36 Å². The second kappa shape index (κ2) is 8.26. The van der Waals surface area contributed by atoms with Crippen LogP contribution < -0.4 is 0 Å². The van der Waals surface area contributed by atoms with Gasteiger partial charge in [0.1, 0.15) is 17.3 Å². The van der Waals surface area contributed by atoms with Crippen molar-refractivity contribution >= 4 is 52.3 Å². The minimum Gasteiger partial charge on any atom is -0.344 e. The maximum Gasteiger partial charge on any atom is 0.212 e. The number of benzene rings is 2. The summed E-state index contributed by atoms with van der Waals surface area (Å²) in [5.74, 6) is -1.90. The Morgan fingerprint density at radius 1 is 1.25 bits per heavy atom. The molecular weight excluding hydrogens is 425 g/mol. The summed E-state index contributed by atoms with van der Waals surface area (Å²) in [6.45, 7) is 1.15. The number of rotatable bonds is 6. The predicted molar refractivity (Wildman–Crippen MR) is 110 cm³/mol. The van der Waals surface area contributed by atoms with E-state index in [-0.39, 0.29) is 12.0 Å². The van der Waals surface area contributed by atoms with E-state index in [2.05, 4.69) is 0 Å². The number of hydrogen-bond acceptors (Lipinski definition) is 3. The van der Waals surface area contributed by atoms with Crippen molar-refractivity contribution < 1.29 is 23.0 Å². The minimum atomic E-state index is -3.81. The zero-order valence-corrected chi connectivity index (χ0v) is 17.2. The molecule has 28 heavy (non-hydrogen) atoms. The first-order chi connectivity index (χ1) is 13.1. The molecule has 0 fully saturated rings. The summed E-state index contributed by atoms with van der Waals surface area (Å²) in [5.41, 5.74) is -0.474. The number of ketones is 1. The Morgan fingerprint density at radius 2 is 1.93 bits per heavy atom. The Kier molecular flexibility index (Phi) is 6.15. The van der Waals surface area contributed by atoms with E-state index in [1.54, 1.807) is 23.6 Å². The first-order valence-electron chi connectivity index (χ1n) is 8.27. The van der Waals surface area contributed by atoms with Gasteiger partial charge < -0.3 is 4.89 Å². The summed E-state index contributed by atoms with van der Waals surface area (Å²) in [6, 6.07) is 8.20. The van der Waals surface area contributed by atoms with Crippen molar-refractivity contribution in [2.75, 3.05) is 6.66 Å². The molecule has 1 N–H and O–H groups in total. The molecule has 2 aromatic carbocycles. The standard InChI is InChI=1S/C20H16ClF2O3PS/c1-27(25,26)20(17-11-28-19-6-5-13(21)9-16(17)19)18(24)4-2-3-12-7-14(22)10-15(23)8-12/h2-3,5-11,20H,4H2,1H3,(H,25,26)/b3-2+. The van der Waals surface area contributed by atoms with Crippen molar-refractivity contribution in [1.82, 2.24) is 0 Å². The molecule has 0 radical (unpaired) electrons. The van der Waals surface area contributed by atoms with Gasteiger partial charge in [0.2, 0.25) is 7.37 Å². The first-order valence-corrected chi connectivity index (χ1v) is 11.7. The molecule has 3 nitrogen and oxygen atoms in total. The molecule has 0 saturated heterocycles. The highest BCUT2D eigenvalue weighted by molar-refractivity contribution is 7.58. The predicted octanol–water partition coefficient (Wildman–Crippen LogP) is 6.45. The van der Waals surface area contributed by atoms with E-state index in [0.717, 1.165) is 29.6 Å². The summed E-state index contributed by atoms with van der Waals surface area (Å²) in [7, 11) is -3.81. The fourth-order valence-corrected chi connectivity index (χ4v) is 5.64. The zero-order valence-electron chi connectivity index (χ0n) is 14.7. The van der Waals surface area contributed by atoms with Crippen LogP contribution in [0.1, 0.15) is 23.2 Å². The van der Waals surface area contributed by atoms with Crippen LogP contribution in [-0.4, -0.2) is 17.3 Å². The molecule has 3 rings (SSSR count). The average Bonchev–Trinajstić information content (AvgIpc) is 2.95. The Balaban J connectivity index is 1.89. The zero-order chi connectivity index (χ0) is 20.5. The second-order valence-corrected chi connectivity index (χ2v) is 10.2. The van der Waals surface area contributed by atoms with Gasteiger partial charge in [-0.05, 0) is 52.2 Å². The normalized spacial score (nSPS) is 15.0. The molecule has 0 amide bonds. The van der Waals surface area contributed by atoms with Crippen LogP contribution in [0.15, 0.2) is 47.9 Å². The van der Waals surface area contributed by atoms with E-state index >= 15 is 0 Å². The van der Waals surface area contributed by atoms with Gasteiger partial charge in [0.25, 0.3) is 0 Å². The van der Waals surface area contributed by atoms with Crippen molar-refractivity contribution in [1.29, 1.82) is 0 Å². The average molecular weight is 441 g/mol. The molecule has 0 saturated carbocycles. The van der Waals surface area contributed by atoms with Gasteiger partial charge in [0.15, 0.2) is 5.78 Å². The van der Waals surface area contributed by atoms with Crippen LogP contribution in [0.4, 0.5) is 8.78 Å². The first kappa shape index (κ1) is 20.9. The van der Waals surface area contributed by atoms with Crippen LogP contribution in [0, 0.1) is 11.6 Å². The lowest BCUT2D eigenvalue weighted by molar-refractivity contribution is -0.118. The van der Waals surface area contributed by atoms with Crippen LogP contribution in [-0.2, 0) is 9.36 Å². The van der Waals surface area contributed by atoms with E-state index in [1.165, 1.54) is 23.5 Å². The van der Waals surface area contributed by atoms with E-state index in [9.17, 15) is 23.0 Å². The Labute approximate surface area is 169 Å². The van der Waals surface area contributed by atoms with Gasteiger partial charge >= 0.3 is 0 Å². The summed E-state index contributed by atoms with van der Waals surface area (Å²) in [4.78, 5) is 23.0.